The molecule has 0 spiro atoms. The minimum atomic E-state index is -0.187. The van der Waals surface area contributed by atoms with Crippen molar-refractivity contribution in [2.45, 2.75) is 47.1 Å². The van der Waals surface area contributed by atoms with Gasteiger partial charge in [0, 0.05) is 23.0 Å². The van der Waals surface area contributed by atoms with Crippen LogP contribution in [0.1, 0.15) is 50.1 Å². The molecule has 2 aromatic rings. The fourth-order valence-electron chi connectivity index (χ4n) is 2.33. The van der Waals surface area contributed by atoms with Crippen LogP contribution in [0.3, 0.4) is 0 Å². The van der Waals surface area contributed by atoms with E-state index in [4.69, 9.17) is 9.73 Å². The van der Waals surface area contributed by atoms with E-state index in [0.717, 1.165) is 33.8 Å². The van der Waals surface area contributed by atoms with Crippen molar-refractivity contribution in [1.82, 2.24) is 4.98 Å². The summed E-state index contributed by atoms with van der Waals surface area (Å²) in [5, 5.41) is 0. The van der Waals surface area contributed by atoms with E-state index >= 15 is 0 Å². The summed E-state index contributed by atoms with van der Waals surface area (Å²) in [6.45, 7) is 13.0. The van der Waals surface area contributed by atoms with Crippen LogP contribution in [0.2, 0.25) is 0 Å². The molecule has 0 aliphatic heterocycles. The van der Waals surface area contributed by atoms with Crippen LogP contribution in [0.5, 0.6) is 5.75 Å². The first kappa shape index (κ1) is 17.2. The highest BCUT2D eigenvalue weighted by Crippen LogP contribution is 2.25. The van der Waals surface area contributed by atoms with E-state index in [0.29, 0.717) is 6.61 Å². The van der Waals surface area contributed by atoms with Crippen molar-refractivity contribution in [1.29, 1.82) is 0 Å². The maximum Gasteiger partial charge on any atom is 0.128 e. The van der Waals surface area contributed by atoms with Crippen molar-refractivity contribution in [3.63, 3.8) is 0 Å². The lowest BCUT2D eigenvalue weighted by atomic mass is 9.99. The molecular weight excluding hydrogens is 284 g/mol. The maximum atomic E-state index is 5.81. The van der Waals surface area contributed by atoms with Crippen LogP contribution in [0, 0.1) is 13.8 Å². The summed E-state index contributed by atoms with van der Waals surface area (Å²) in [5.41, 5.74) is 4.98. The first-order valence-corrected chi connectivity index (χ1v) is 8.07. The molecular formula is C20H26N2O. The number of aryl methyl sites for hydroxylation is 2. The van der Waals surface area contributed by atoms with Gasteiger partial charge in [0.2, 0.25) is 0 Å². The van der Waals surface area contributed by atoms with Crippen LogP contribution in [-0.4, -0.2) is 22.8 Å². The Hall–Kier alpha value is -2.16. The van der Waals surface area contributed by atoms with Crippen LogP contribution >= 0.6 is 0 Å². The smallest absolute Gasteiger partial charge is 0.128 e. The Morgan fingerprint density at radius 1 is 1.17 bits per heavy atom. The van der Waals surface area contributed by atoms with Crippen molar-refractivity contribution >= 4 is 5.71 Å². The van der Waals surface area contributed by atoms with Crippen LogP contribution in [0.4, 0.5) is 0 Å². The number of hydrogen-bond donors (Lipinski definition) is 0. The van der Waals surface area contributed by atoms with Gasteiger partial charge in [-0.2, -0.15) is 0 Å². The number of benzene rings is 1. The Morgan fingerprint density at radius 3 is 2.48 bits per heavy atom. The largest absolute Gasteiger partial charge is 0.493 e. The number of para-hydroxylation sites is 1. The van der Waals surface area contributed by atoms with Gasteiger partial charge in [-0.3, -0.25) is 9.98 Å². The van der Waals surface area contributed by atoms with Gasteiger partial charge in [0.1, 0.15) is 5.75 Å². The first-order valence-electron chi connectivity index (χ1n) is 8.07. The highest BCUT2D eigenvalue weighted by Gasteiger charge is 2.17. The summed E-state index contributed by atoms with van der Waals surface area (Å²) in [6, 6.07) is 10.2. The Kier molecular flexibility index (Phi) is 5.19. The standard InChI is InChI=1S/C20H26N2O/c1-7-23-18-11-9-8-10-17(18)19(22-20(4,5)6)16-12-14(2)15(3)21-13-16/h8-13H,7H2,1-6H3. The molecule has 0 aliphatic carbocycles. The fraction of sp³-hybridized carbons (Fsp3) is 0.400. The van der Waals surface area contributed by atoms with Gasteiger partial charge in [-0.05, 0) is 65.3 Å². The quantitative estimate of drug-likeness (QED) is 0.765. The minimum Gasteiger partial charge on any atom is -0.493 e. The average molecular weight is 310 g/mol. The molecule has 0 aliphatic rings. The Morgan fingerprint density at radius 2 is 1.87 bits per heavy atom. The van der Waals surface area contributed by atoms with E-state index in [9.17, 15) is 0 Å². The van der Waals surface area contributed by atoms with Crippen molar-refractivity contribution in [2.75, 3.05) is 6.61 Å². The fourth-order valence-corrected chi connectivity index (χ4v) is 2.33. The summed E-state index contributed by atoms with van der Waals surface area (Å²) in [6.07, 6.45) is 1.90. The van der Waals surface area contributed by atoms with E-state index < -0.39 is 0 Å². The van der Waals surface area contributed by atoms with Crippen molar-refractivity contribution in [2.24, 2.45) is 4.99 Å². The third-order valence-corrected chi connectivity index (χ3v) is 3.50. The van der Waals surface area contributed by atoms with Crippen LogP contribution in [0.25, 0.3) is 0 Å². The molecule has 1 heterocycles. The summed E-state index contributed by atoms with van der Waals surface area (Å²) < 4.78 is 5.81. The number of ether oxygens (including phenoxy) is 1. The zero-order valence-corrected chi connectivity index (χ0v) is 15.0. The second-order valence-electron chi connectivity index (χ2n) is 6.69. The molecule has 3 nitrogen and oxygen atoms in total. The number of aromatic nitrogens is 1. The molecule has 0 atom stereocenters. The third-order valence-electron chi connectivity index (χ3n) is 3.50. The summed E-state index contributed by atoms with van der Waals surface area (Å²) in [4.78, 5) is 9.47. The first-order chi connectivity index (χ1) is 10.8. The summed E-state index contributed by atoms with van der Waals surface area (Å²) in [5.74, 6) is 0.858. The topological polar surface area (TPSA) is 34.5 Å². The average Bonchev–Trinajstić information content (AvgIpc) is 2.48. The Labute approximate surface area is 139 Å². The predicted molar refractivity (Wildman–Crippen MR) is 96.7 cm³/mol. The van der Waals surface area contributed by atoms with Gasteiger partial charge >= 0.3 is 0 Å². The predicted octanol–water partition coefficient (Wildman–Crippen LogP) is 4.73. The molecule has 0 amide bonds. The molecule has 1 aromatic carbocycles. The lowest BCUT2D eigenvalue weighted by Crippen LogP contribution is -2.17. The van der Waals surface area contributed by atoms with E-state index in [1.54, 1.807) is 0 Å². The highest BCUT2D eigenvalue weighted by molar-refractivity contribution is 6.14. The monoisotopic (exact) mass is 310 g/mol. The summed E-state index contributed by atoms with van der Waals surface area (Å²) >= 11 is 0. The highest BCUT2D eigenvalue weighted by atomic mass is 16.5. The lowest BCUT2D eigenvalue weighted by Gasteiger charge is -2.19. The minimum absolute atomic E-state index is 0.187. The van der Waals surface area contributed by atoms with Gasteiger partial charge in [0.05, 0.1) is 17.9 Å². The van der Waals surface area contributed by atoms with Crippen molar-refractivity contribution in [3.05, 3.63) is 58.9 Å². The summed E-state index contributed by atoms with van der Waals surface area (Å²) in [7, 11) is 0. The molecule has 1 aromatic heterocycles. The molecule has 0 saturated heterocycles. The Bertz CT molecular complexity index is 712. The zero-order valence-electron chi connectivity index (χ0n) is 15.0. The molecule has 23 heavy (non-hydrogen) atoms. The molecule has 0 radical (unpaired) electrons. The number of hydrogen-bond acceptors (Lipinski definition) is 3. The SMILES string of the molecule is CCOc1ccccc1C(=NC(C)(C)C)c1cnc(C)c(C)c1. The molecule has 0 bridgehead atoms. The Balaban J connectivity index is 2.65. The van der Waals surface area contributed by atoms with Gasteiger partial charge in [-0.1, -0.05) is 12.1 Å². The van der Waals surface area contributed by atoms with E-state index in [2.05, 4.69) is 44.8 Å². The van der Waals surface area contributed by atoms with Gasteiger partial charge in [0.25, 0.3) is 0 Å². The number of pyridine rings is 1. The number of nitrogens with zero attached hydrogens (tertiary/aromatic N) is 2. The normalized spacial score (nSPS) is 12.3. The van der Waals surface area contributed by atoms with Gasteiger partial charge in [0.15, 0.2) is 0 Å². The molecule has 0 unspecified atom stereocenters. The number of aliphatic imine (C=N–C) groups is 1. The molecule has 122 valence electrons. The number of rotatable bonds is 4. The van der Waals surface area contributed by atoms with Crippen LogP contribution in [-0.2, 0) is 0 Å². The molecule has 2 rings (SSSR count). The second-order valence-corrected chi connectivity index (χ2v) is 6.69. The van der Waals surface area contributed by atoms with E-state index in [1.165, 1.54) is 0 Å². The van der Waals surface area contributed by atoms with Crippen molar-refractivity contribution in [3.8, 4) is 5.75 Å². The van der Waals surface area contributed by atoms with E-state index in [-0.39, 0.29) is 5.54 Å². The molecule has 0 saturated carbocycles. The van der Waals surface area contributed by atoms with Crippen molar-refractivity contribution < 1.29 is 4.74 Å². The van der Waals surface area contributed by atoms with Gasteiger partial charge in [-0.25, -0.2) is 0 Å². The molecule has 0 fully saturated rings. The van der Waals surface area contributed by atoms with E-state index in [1.807, 2.05) is 38.2 Å². The van der Waals surface area contributed by atoms with Gasteiger partial charge < -0.3 is 4.74 Å². The molecule has 3 heteroatoms. The molecule has 0 N–H and O–H groups in total. The zero-order chi connectivity index (χ0) is 17.0. The van der Waals surface area contributed by atoms with Crippen LogP contribution in [0.15, 0.2) is 41.5 Å². The lowest BCUT2D eigenvalue weighted by molar-refractivity contribution is 0.339. The van der Waals surface area contributed by atoms with Crippen LogP contribution < -0.4 is 4.74 Å². The van der Waals surface area contributed by atoms with Gasteiger partial charge in [-0.15, -0.1) is 0 Å². The maximum absolute atomic E-state index is 5.81. The second kappa shape index (κ2) is 6.95. The third kappa shape index (κ3) is 4.41.